The number of aromatic nitrogens is 1. The SMILES string of the molecule is C=C/C=C\c1c(C)ccn1S(=O)(=O)c1ccccc1C(=O)O. The maximum Gasteiger partial charge on any atom is 0.337 e. The van der Waals surface area contributed by atoms with Crippen LogP contribution in [-0.4, -0.2) is 23.5 Å². The number of aromatic carboxylic acids is 1. The summed E-state index contributed by atoms with van der Waals surface area (Å²) in [5.74, 6) is -1.29. The van der Waals surface area contributed by atoms with Gasteiger partial charge in [-0.25, -0.2) is 17.2 Å². The lowest BCUT2D eigenvalue weighted by Crippen LogP contribution is -2.17. The lowest BCUT2D eigenvalue weighted by Gasteiger charge is -2.11. The predicted molar refractivity (Wildman–Crippen MR) is 84.4 cm³/mol. The van der Waals surface area contributed by atoms with Crippen molar-refractivity contribution in [2.45, 2.75) is 11.8 Å². The van der Waals surface area contributed by atoms with Gasteiger partial charge in [0.1, 0.15) is 4.90 Å². The minimum absolute atomic E-state index is 0.244. The van der Waals surface area contributed by atoms with Gasteiger partial charge in [0.25, 0.3) is 10.0 Å². The Morgan fingerprint density at radius 3 is 2.59 bits per heavy atom. The fourth-order valence-electron chi connectivity index (χ4n) is 2.07. The van der Waals surface area contributed by atoms with Crippen molar-refractivity contribution in [1.82, 2.24) is 3.97 Å². The molecule has 0 bridgehead atoms. The van der Waals surface area contributed by atoms with Crippen molar-refractivity contribution in [3.63, 3.8) is 0 Å². The molecule has 0 aliphatic heterocycles. The highest BCUT2D eigenvalue weighted by Crippen LogP contribution is 2.23. The molecule has 0 fully saturated rings. The van der Waals surface area contributed by atoms with Gasteiger partial charge in [-0.15, -0.1) is 0 Å². The van der Waals surface area contributed by atoms with Crippen molar-refractivity contribution in [1.29, 1.82) is 0 Å². The van der Waals surface area contributed by atoms with Crippen molar-refractivity contribution in [3.05, 3.63) is 72.1 Å². The van der Waals surface area contributed by atoms with Gasteiger partial charge in [-0.05, 0) is 36.8 Å². The second-order valence-electron chi connectivity index (χ2n) is 4.58. The van der Waals surface area contributed by atoms with Gasteiger partial charge >= 0.3 is 5.97 Å². The summed E-state index contributed by atoms with van der Waals surface area (Å²) in [5, 5.41) is 9.19. The average Bonchev–Trinajstić information content (AvgIpc) is 2.86. The van der Waals surface area contributed by atoms with Crippen molar-refractivity contribution in [2.24, 2.45) is 0 Å². The summed E-state index contributed by atoms with van der Waals surface area (Å²) in [4.78, 5) is 11.0. The van der Waals surface area contributed by atoms with Gasteiger partial charge in [0, 0.05) is 6.20 Å². The number of benzene rings is 1. The van der Waals surface area contributed by atoms with E-state index in [1.165, 1.54) is 36.5 Å². The molecule has 0 aliphatic carbocycles. The first-order valence-corrected chi connectivity index (χ1v) is 7.88. The summed E-state index contributed by atoms with van der Waals surface area (Å²) in [6.07, 6.45) is 6.18. The summed E-state index contributed by atoms with van der Waals surface area (Å²) >= 11 is 0. The molecule has 0 atom stereocenters. The van der Waals surface area contributed by atoms with Gasteiger partial charge in [0.2, 0.25) is 0 Å². The van der Waals surface area contributed by atoms with Crippen LogP contribution in [0.5, 0.6) is 0 Å². The van der Waals surface area contributed by atoms with E-state index >= 15 is 0 Å². The van der Waals surface area contributed by atoms with E-state index in [1.54, 1.807) is 25.1 Å². The molecule has 1 aromatic carbocycles. The smallest absolute Gasteiger partial charge is 0.337 e. The molecule has 0 amide bonds. The van der Waals surface area contributed by atoms with E-state index in [0.29, 0.717) is 5.69 Å². The van der Waals surface area contributed by atoms with E-state index in [9.17, 15) is 18.3 Å². The number of rotatable bonds is 5. The number of carboxylic acid groups (broad SMARTS) is 1. The molecular formula is C16H15NO4S. The molecule has 5 nitrogen and oxygen atoms in total. The van der Waals surface area contributed by atoms with E-state index in [1.807, 2.05) is 0 Å². The summed E-state index contributed by atoms with van der Waals surface area (Å²) < 4.78 is 26.7. The normalized spacial score (nSPS) is 11.7. The average molecular weight is 317 g/mol. The highest BCUT2D eigenvalue weighted by atomic mass is 32.2. The summed E-state index contributed by atoms with van der Waals surface area (Å²) in [6.45, 7) is 5.33. The molecule has 0 spiro atoms. The Morgan fingerprint density at radius 1 is 1.27 bits per heavy atom. The number of hydrogen-bond acceptors (Lipinski definition) is 3. The number of hydrogen-bond donors (Lipinski definition) is 1. The number of nitrogens with zero attached hydrogens (tertiary/aromatic N) is 1. The fourth-order valence-corrected chi connectivity index (χ4v) is 3.65. The second kappa shape index (κ2) is 6.03. The highest BCUT2D eigenvalue weighted by Gasteiger charge is 2.25. The molecule has 2 rings (SSSR count). The third-order valence-electron chi connectivity index (χ3n) is 3.15. The number of allylic oxidation sites excluding steroid dienone is 2. The van der Waals surface area contributed by atoms with Crippen LogP contribution in [0.3, 0.4) is 0 Å². The number of aryl methyl sites for hydroxylation is 1. The topological polar surface area (TPSA) is 76.4 Å². The van der Waals surface area contributed by atoms with E-state index in [2.05, 4.69) is 6.58 Å². The zero-order valence-corrected chi connectivity index (χ0v) is 12.7. The van der Waals surface area contributed by atoms with Gasteiger partial charge in [-0.2, -0.15) is 0 Å². The molecule has 2 aromatic rings. The highest BCUT2D eigenvalue weighted by molar-refractivity contribution is 7.90. The van der Waals surface area contributed by atoms with Crippen LogP contribution in [0.1, 0.15) is 21.6 Å². The molecule has 1 aromatic heterocycles. The summed E-state index contributed by atoms with van der Waals surface area (Å²) in [6, 6.07) is 7.19. The summed E-state index contributed by atoms with van der Waals surface area (Å²) in [5.41, 5.74) is 0.960. The lowest BCUT2D eigenvalue weighted by molar-refractivity contribution is 0.0692. The molecule has 0 saturated heterocycles. The molecule has 0 aliphatic rings. The Hall–Kier alpha value is -2.60. The third kappa shape index (κ3) is 2.73. The maximum atomic E-state index is 12.8. The first-order chi connectivity index (χ1) is 10.4. The zero-order valence-electron chi connectivity index (χ0n) is 11.9. The molecule has 0 radical (unpaired) electrons. The minimum atomic E-state index is -4.00. The fraction of sp³-hybridized carbons (Fsp3) is 0.0625. The van der Waals surface area contributed by atoms with Crippen LogP contribution in [0.2, 0.25) is 0 Å². The van der Waals surface area contributed by atoms with E-state index < -0.39 is 16.0 Å². The second-order valence-corrected chi connectivity index (χ2v) is 6.36. The van der Waals surface area contributed by atoms with Crippen LogP contribution in [0.15, 0.2) is 60.2 Å². The minimum Gasteiger partial charge on any atom is -0.478 e. The molecule has 114 valence electrons. The van der Waals surface area contributed by atoms with Gasteiger partial charge in [0.15, 0.2) is 0 Å². The van der Waals surface area contributed by atoms with E-state index in [0.717, 1.165) is 9.54 Å². The third-order valence-corrected chi connectivity index (χ3v) is 4.89. The van der Waals surface area contributed by atoms with Crippen LogP contribution >= 0.6 is 0 Å². The molecule has 6 heteroatoms. The van der Waals surface area contributed by atoms with Crippen LogP contribution < -0.4 is 0 Å². The predicted octanol–water partition coefficient (Wildman–Crippen LogP) is 2.93. The molecule has 1 heterocycles. The lowest BCUT2D eigenvalue weighted by atomic mass is 10.2. The number of carboxylic acids is 1. The molecular weight excluding hydrogens is 302 g/mol. The molecule has 0 unspecified atom stereocenters. The first kappa shape index (κ1) is 15.8. The Balaban J connectivity index is 2.70. The molecule has 22 heavy (non-hydrogen) atoms. The van der Waals surface area contributed by atoms with Crippen molar-refractivity contribution < 1.29 is 18.3 Å². The zero-order chi connectivity index (χ0) is 16.3. The van der Waals surface area contributed by atoms with Crippen LogP contribution in [0.25, 0.3) is 6.08 Å². The number of carbonyl (C=O) groups is 1. The largest absolute Gasteiger partial charge is 0.478 e. The van der Waals surface area contributed by atoms with Gasteiger partial charge in [0.05, 0.1) is 11.3 Å². The Kier molecular flexibility index (Phi) is 4.32. The van der Waals surface area contributed by atoms with Crippen molar-refractivity contribution in [2.75, 3.05) is 0 Å². The van der Waals surface area contributed by atoms with Crippen LogP contribution in [-0.2, 0) is 10.0 Å². The maximum absolute atomic E-state index is 12.8. The van der Waals surface area contributed by atoms with E-state index in [-0.39, 0.29) is 10.5 Å². The Labute approximate surface area is 128 Å². The van der Waals surface area contributed by atoms with Crippen LogP contribution in [0.4, 0.5) is 0 Å². The first-order valence-electron chi connectivity index (χ1n) is 6.44. The van der Waals surface area contributed by atoms with Gasteiger partial charge in [-0.3, -0.25) is 0 Å². The monoisotopic (exact) mass is 317 g/mol. The van der Waals surface area contributed by atoms with Gasteiger partial charge in [-0.1, -0.05) is 30.9 Å². The standard InChI is InChI=1S/C16H15NO4S/c1-3-4-8-14-12(2)10-11-17(14)22(20,21)15-9-6-5-7-13(15)16(18)19/h3-11H,1H2,2H3,(H,18,19)/b8-4-. The van der Waals surface area contributed by atoms with Crippen molar-refractivity contribution in [3.8, 4) is 0 Å². The summed E-state index contributed by atoms with van der Waals surface area (Å²) in [7, 11) is -4.00. The molecule has 0 saturated carbocycles. The molecule has 1 N–H and O–H groups in total. The van der Waals surface area contributed by atoms with E-state index in [4.69, 9.17) is 0 Å². The Bertz CT molecular complexity index is 860. The quantitative estimate of drug-likeness (QED) is 0.860. The van der Waals surface area contributed by atoms with Crippen LogP contribution in [0, 0.1) is 6.92 Å². The van der Waals surface area contributed by atoms with Gasteiger partial charge < -0.3 is 5.11 Å². The van der Waals surface area contributed by atoms with Crippen molar-refractivity contribution >= 4 is 22.1 Å². The Morgan fingerprint density at radius 2 is 1.95 bits per heavy atom.